The molecule has 0 rings (SSSR count). The van der Waals surface area contributed by atoms with Gasteiger partial charge in [-0.1, -0.05) is 0 Å². The molecule has 0 unspecified atom stereocenters. The summed E-state index contributed by atoms with van der Waals surface area (Å²) in [6.45, 7) is 0. The number of aliphatic carboxylic acids is 2. The summed E-state index contributed by atoms with van der Waals surface area (Å²) in [4.78, 5) is 30.7. The summed E-state index contributed by atoms with van der Waals surface area (Å²) >= 11 is 0. The summed E-state index contributed by atoms with van der Waals surface area (Å²) in [5.41, 5.74) is 4.68. The topological polar surface area (TPSA) is 130 Å². The Morgan fingerprint density at radius 3 is 2.07 bits per heavy atom. The second-order valence-corrected chi connectivity index (χ2v) is 2.33. The number of hydrogen-bond acceptors (Lipinski definition) is 3. The second-order valence-electron chi connectivity index (χ2n) is 2.33. The molecule has 0 aliphatic rings. The van der Waals surface area contributed by atoms with Crippen molar-refractivity contribution in [3.05, 3.63) is 0 Å². The fourth-order valence-corrected chi connectivity index (χ4v) is 0.697. The molecule has 0 aliphatic heterocycles. The molecular weight excluding hydrogens is 203 g/mol. The summed E-state index contributed by atoms with van der Waals surface area (Å²) in [6.07, 6.45) is -0.523. The molecule has 7 nitrogen and oxygen atoms in total. The van der Waals surface area contributed by atoms with Crippen LogP contribution in [0.2, 0.25) is 0 Å². The molecule has 0 fully saturated rings. The van der Waals surface area contributed by atoms with Gasteiger partial charge in [0.2, 0.25) is 0 Å². The maximum atomic E-state index is 10.4. The van der Waals surface area contributed by atoms with Crippen molar-refractivity contribution in [2.45, 2.75) is 18.9 Å². The predicted octanol–water partition coefficient (Wildman–Crippen LogP) is -4.02. The van der Waals surface area contributed by atoms with E-state index in [-0.39, 0.29) is 42.4 Å². The van der Waals surface area contributed by atoms with E-state index in [0.29, 0.717) is 0 Å². The van der Waals surface area contributed by atoms with Gasteiger partial charge in [-0.3, -0.25) is 4.79 Å². The van der Waals surface area contributed by atoms with Gasteiger partial charge in [0.05, 0.1) is 0 Å². The third-order valence-corrected chi connectivity index (χ3v) is 1.26. The van der Waals surface area contributed by atoms with Gasteiger partial charge < -0.3 is 21.3 Å². The average Bonchev–Trinajstić information content (AvgIpc) is 1.96. The van der Waals surface area contributed by atoms with E-state index in [1.54, 1.807) is 0 Å². The fourth-order valence-electron chi connectivity index (χ4n) is 0.697. The van der Waals surface area contributed by atoms with Gasteiger partial charge in [-0.2, -0.15) is 0 Å². The molecule has 0 aromatic carbocycles. The largest absolute Gasteiger partial charge is 1.00 e. The Morgan fingerprint density at radius 2 is 1.79 bits per heavy atom. The first-order chi connectivity index (χ1) is 5.93. The summed E-state index contributed by atoms with van der Waals surface area (Å²) < 4.78 is 0. The first-order valence-electron chi connectivity index (χ1n) is 3.44. The standard InChI is InChI=1S/C6H10N2O5.Na/c7-6(13)8-3(5(11)12)1-2-4(9)10;/h3H,1-2H2,(H,9,10)(H,11,12)(H3,7,8,13);/q;+1/t3-;/m0./s1. The van der Waals surface area contributed by atoms with E-state index in [4.69, 9.17) is 10.2 Å². The Labute approximate surface area is 102 Å². The van der Waals surface area contributed by atoms with Gasteiger partial charge in [0.25, 0.3) is 0 Å². The van der Waals surface area contributed by atoms with Crippen LogP contribution in [0.25, 0.3) is 0 Å². The Bertz CT molecular complexity index is 232. The van der Waals surface area contributed by atoms with E-state index in [1.165, 1.54) is 0 Å². The van der Waals surface area contributed by atoms with Crippen molar-refractivity contribution in [1.29, 1.82) is 0 Å². The molecule has 0 bridgehead atoms. The minimum absolute atomic E-state index is 0. The summed E-state index contributed by atoms with van der Waals surface area (Å²) in [7, 11) is 0. The van der Waals surface area contributed by atoms with Crippen LogP contribution in [0.15, 0.2) is 0 Å². The van der Waals surface area contributed by atoms with Gasteiger partial charge in [0.1, 0.15) is 6.04 Å². The zero-order valence-corrected chi connectivity index (χ0v) is 9.69. The average molecular weight is 213 g/mol. The first kappa shape index (κ1) is 15.7. The molecule has 14 heavy (non-hydrogen) atoms. The number of carbonyl (C=O) groups is 3. The maximum absolute atomic E-state index is 10.4. The van der Waals surface area contributed by atoms with Crippen LogP contribution in [-0.2, 0) is 9.59 Å². The number of carboxylic acid groups (broad SMARTS) is 2. The van der Waals surface area contributed by atoms with Crippen LogP contribution < -0.4 is 40.6 Å². The van der Waals surface area contributed by atoms with Crippen molar-refractivity contribution in [1.82, 2.24) is 5.32 Å². The molecule has 0 radical (unpaired) electrons. The van der Waals surface area contributed by atoms with Crippen molar-refractivity contribution in [3.8, 4) is 0 Å². The van der Waals surface area contributed by atoms with Crippen molar-refractivity contribution in [2.75, 3.05) is 0 Å². The number of nitrogens with one attached hydrogen (secondary N) is 1. The van der Waals surface area contributed by atoms with Crippen LogP contribution in [0.4, 0.5) is 4.79 Å². The number of nitrogens with two attached hydrogens (primary N) is 1. The monoisotopic (exact) mass is 213 g/mol. The second kappa shape index (κ2) is 7.60. The Hall–Kier alpha value is -0.790. The van der Waals surface area contributed by atoms with Crippen molar-refractivity contribution >= 4 is 18.0 Å². The fraction of sp³-hybridized carbons (Fsp3) is 0.500. The molecule has 0 aromatic heterocycles. The third-order valence-electron chi connectivity index (χ3n) is 1.26. The van der Waals surface area contributed by atoms with Crippen LogP contribution in [0.1, 0.15) is 12.8 Å². The molecule has 1 atom stereocenters. The van der Waals surface area contributed by atoms with E-state index < -0.39 is 24.0 Å². The number of carboxylic acids is 2. The first-order valence-corrected chi connectivity index (χ1v) is 3.44. The zero-order chi connectivity index (χ0) is 10.4. The van der Waals surface area contributed by atoms with Crippen LogP contribution in [0.5, 0.6) is 0 Å². The van der Waals surface area contributed by atoms with E-state index in [2.05, 4.69) is 5.73 Å². The number of primary amides is 1. The summed E-state index contributed by atoms with van der Waals surface area (Å²) in [5, 5.41) is 18.6. The number of urea groups is 1. The minimum atomic E-state index is -1.31. The normalized spacial score (nSPS) is 10.9. The van der Waals surface area contributed by atoms with Gasteiger partial charge in [-0.05, 0) is 6.42 Å². The molecule has 0 aliphatic carbocycles. The quantitative estimate of drug-likeness (QED) is 0.345. The molecule has 2 amide bonds. The number of rotatable bonds is 5. The molecular formula is C6H10N2NaO5+. The summed E-state index contributed by atoms with van der Waals surface area (Å²) in [5.74, 6) is -2.43. The number of carbonyl (C=O) groups excluding carboxylic acids is 1. The Morgan fingerprint density at radius 1 is 1.29 bits per heavy atom. The van der Waals surface area contributed by atoms with E-state index >= 15 is 0 Å². The van der Waals surface area contributed by atoms with Crippen molar-refractivity contribution < 1.29 is 54.2 Å². The molecule has 8 heteroatoms. The van der Waals surface area contributed by atoms with Crippen LogP contribution in [0.3, 0.4) is 0 Å². The van der Waals surface area contributed by atoms with Crippen LogP contribution >= 0.6 is 0 Å². The molecule has 0 saturated carbocycles. The zero-order valence-electron chi connectivity index (χ0n) is 7.69. The molecule has 0 saturated heterocycles. The third kappa shape index (κ3) is 7.84. The molecule has 0 heterocycles. The molecule has 0 aromatic rings. The van der Waals surface area contributed by atoms with Gasteiger partial charge in [0.15, 0.2) is 0 Å². The Balaban J connectivity index is 0. The predicted molar refractivity (Wildman–Crippen MR) is 41.0 cm³/mol. The smallest absolute Gasteiger partial charge is 0.481 e. The van der Waals surface area contributed by atoms with Gasteiger partial charge in [-0.25, -0.2) is 9.59 Å². The maximum Gasteiger partial charge on any atom is 1.00 e. The van der Waals surface area contributed by atoms with Gasteiger partial charge in [-0.15, -0.1) is 0 Å². The van der Waals surface area contributed by atoms with Crippen LogP contribution in [-0.4, -0.2) is 34.2 Å². The van der Waals surface area contributed by atoms with Gasteiger partial charge in [0, 0.05) is 6.42 Å². The van der Waals surface area contributed by atoms with Gasteiger partial charge >= 0.3 is 47.5 Å². The SMILES string of the molecule is NC(=O)N[C@@H](CCC(=O)O)C(=O)O.[Na+]. The van der Waals surface area contributed by atoms with Crippen LogP contribution in [0, 0.1) is 0 Å². The van der Waals surface area contributed by atoms with E-state index in [9.17, 15) is 14.4 Å². The number of hydrogen-bond donors (Lipinski definition) is 4. The summed E-state index contributed by atoms with van der Waals surface area (Å²) in [6, 6.07) is -2.23. The molecule has 0 spiro atoms. The molecule has 74 valence electrons. The molecule has 5 N–H and O–H groups in total. The Kier molecular flexibility index (Phi) is 8.51. The number of amides is 2. The van der Waals surface area contributed by atoms with E-state index in [1.807, 2.05) is 5.32 Å². The van der Waals surface area contributed by atoms with E-state index in [0.717, 1.165) is 0 Å². The van der Waals surface area contributed by atoms with Crippen molar-refractivity contribution in [2.24, 2.45) is 5.73 Å². The van der Waals surface area contributed by atoms with Crippen molar-refractivity contribution in [3.63, 3.8) is 0 Å². The minimum Gasteiger partial charge on any atom is -0.481 e.